The zero-order valence-corrected chi connectivity index (χ0v) is 15.6. The molecule has 2 atom stereocenters. The number of nitrogens with zero attached hydrogens (tertiary/aromatic N) is 1. The third-order valence-electron chi connectivity index (χ3n) is 4.22. The lowest BCUT2D eigenvalue weighted by Gasteiger charge is -2.23. The molecule has 0 fully saturated rings. The molecule has 0 radical (unpaired) electrons. The second-order valence-electron chi connectivity index (χ2n) is 6.96. The van der Waals surface area contributed by atoms with E-state index >= 15 is 0 Å². The quantitative estimate of drug-likeness (QED) is 0.399. The lowest BCUT2D eigenvalue weighted by atomic mass is 9.86. The van der Waals surface area contributed by atoms with E-state index in [1.807, 2.05) is 14.1 Å². The van der Waals surface area contributed by atoms with Gasteiger partial charge >= 0.3 is 0 Å². The number of nitrogens with one attached hydrogen (secondary N) is 1. The van der Waals surface area contributed by atoms with E-state index in [2.05, 4.69) is 30.6 Å². The van der Waals surface area contributed by atoms with Crippen molar-refractivity contribution in [3.05, 3.63) is 12.3 Å². The summed E-state index contributed by atoms with van der Waals surface area (Å²) < 4.78 is 5.65. The molecule has 0 aliphatic rings. The molecule has 5 heteroatoms. The summed E-state index contributed by atoms with van der Waals surface area (Å²) >= 11 is 0. The van der Waals surface area contributed by atoms with Crippen LogP contribution in [-0.4, -0.2) is 68.7 Å². The molecule has 0 aromatic carbocycles. The van der Waals surface area contributed by atoms with Crippen LogP contribution in [0.15, 0.2) is 12.3 Å². The minimum atomic E-state index is 0.158. The van der Waals surface area contributed by atoms with E-state index in [9.17, 15) is 10.2 Å². The molecule has 0 heterocycles. The Morgan fingerprint density at radius 1 is 1.17 bits per heavy atom. The van der Waals surface area contributed by atoms with E-state index in [1.165, 1.54) is 0 Å². The first-order chi connectivity index (χ1) is 10.9. The number of likely N-dealkylation sites (N-methyl/N-ethyl adjacent to an activating group) is 1. The molecule has 0 aromatic rings. The van der Waals surface area contributed by atoms with Crippen LogP contribution >= 0.6 is 0 Å². The molecule has 0 aliphatic carbocycles. The van der Waals surface area contributed by atoms with Crippen molar-refractivity contribution in [2.24, 2.45) is 17.8 Å². The van der Waals surface area contributed by atoms with Crippen molar-refractivity contribution in [1.82, 2.24) is 10.2 Å². The minimum absolute atomic E-state index is 0.158. The van der Waals surface area contributed by atoms with Crippen molar-refractivity contribution < 1.29 is 14.9 Å². The van der Waals surface area contributed by atoms with E-state index < -0.39 is 0 Å². The van der Waals surface area contributed by atoms with Gasteiger partial charge in [-0.1, -0.05) is 20.4 Å². The second-order valence-corrected chi connectivity index (χ2v) is 6.96. The predicted octanol–water partition coefficient (Wildman–Crippen LogP) is 1.71. The van der Waals surface area contributed by atoms with Gasteiger partial charge in [0.1, 0.15) is 0 Å². The first kappa shape index (κ1) is 22.4. The van der Waals surface area contributed by atoms with E-state index in [1.54, 1.807) is 0 Å². The second kappa shape index (κ2) is 13.8. The number of ether oxygens (including phenoxy) is 1. The maximum Gasteiger partial charge on any atom is 0.0520 e. The van der Waals surface area contributed by atoms with E-state index in [4.69, 9.17) is 4.74 Å². The Kier molecular flexibility index (Phi) is 13.4. The third kappa shape index (κ3) is 12.5. The maximum atomic E-state index is 9.47. The maximum absolute atomic E-state index is 9.47. The molecule has 0 bridgehead atoms. The lowest BCUT2D eigenvalue weighted by molar-refractivity contribution is 0.0864. The number of hydrogen-bond donors (Lipinski definition) is 3. The van der Waals surface area contributed by atoms with Gasteiger partial charge in [-0.15, -0.1) is 0 Å². The van der Waals surface area contributed by atoms with Crippen LogP contribution in [0, 0.1) is 17.8 Å². The van der Waals surface area contributed by atoms with Gasteiger partial charge in [-0.3, -0.25) is 0 Å². The van der Waals surface area contributed by atoms with Crippen LogP contribution in [0.1, 0.15) is 33.1 Å². The van der Waals surface area contributed by atoms with Crippen molar-refractivity contribution in [2.75, 3.05) is 53.6 Å². The van der Waals surface area contributed by atoms with Crippen LogP contribution < -0.4 is 5.32 Å². The standard InChI is InChI=1S/C18H38N2O3/c1-15(2)18(14-22)12-17(13-21)7-11-23-10-6-16(3)19-8-9-20(4)5/h15,17-19,21-22H,3,6-14H2,1-2,4-5H3. The van der Waals surface area contributed by atoms with Gasteiger partial charge in [0.05, 0.1) is 6.61 Å². The molecule has 0 saturated carbocycles. The smallest absolute Gasteiger partial charge is 0.0520 e. The zero-order chi connectivity index (χ0) is 17.7. The molecule has 0 amide bonds. The Labute approximate surface area is 142 Å². The average molecular weight is 331 g/mol. The molecule has 23 heavy (non-hydrogen) atoms. The monoisotopic (exact) mass is 330 g/mol. The van der Waals surface area contributed by atoms with Gasteiger partial charge in [0.25, 0.3) is 0 Å². The van der Waals surface area contributed by atoms with Crippen LogP contribution in [0.5, 0.6) is 0 Å². The van der Waals surface area contributed by atoms with Gasteiger partial charge in [0.15, 0.2) is 0 Å². The molecular weight excluding hydrogens is 292 g/mol. The number of aliphatic hydroxyl groups is 2. The van der Waals surface area contributed by atoms with Gasteiger partial charge in [-0.05, 0) is 44.7 Å². The molecule has 3 N–H and O–H groups in total. The van der Waals surface area contributed by atoms with Crippen molar-refractivity contribution in [2.45, 2.75) is 33.1 Å². The van der Waals surface area contributed by atoms with E-state index in [0.717, 1.165) is 38.0 Å². The van der Waals surface area contributed by atoms with Crippen molar-refractivity contribution in [1.29, 1.82) is 0 Å². The molecular formula is C18H38N2O3. The minimum Gasteiger partial charge on any atom is -0.396 e. The lowest BCUT2D eigenvalue weighted by Crippen LogP contribution is -2.26. The molecule has 0 saturated heterocycles. The largest absolute Gasteiger partial charge is 0.396 e. The highest BCUT2D eigenvalue weighted by atomic mass is 16.5. The summed E-state index contributed by atoms with van der Waals surface area (Å²) in [6.45, 7) is 11.7. The summed E-state index contributed by atoms with van der Waals surface area (Å²) in [7, 11) is 4.09. The first-order valence-electron chi connectivity index (χ1n) is 8.76. The fourth-order valence-electron chi connectivity index (χ4n) is 2.36. The van der Waals surface area contributed by atoms with Crippen molar-refractivity contribution in [3.8, 4) is 0 Å². The van der Waals surface area contributed by atoms with Gasteiger partial charge in [0, 0.05) is 45.0 Å². The highest BCUT2D eigenvalue weighted by molar-refractivity contribution is 4.90. The molecule has 2 unspecified atom stereocenters. The summed E-state index contributed by atoms with van der Waals surface area (Å²) in [5.74, 6) is 0.898. The number of aliphatic hydroxyl groups excluding tert-OH is 2. The van der Waals surface area contributed by atoms with Crippen LogP contribution in [0.4, 0.5) is 0 Å². The van der Waals surface area contributed by atoms with Gasteiger partial charge in [-0.2, -0.15) is 0 Å². The summed E-state index contributed by atoms with van der Waals surface area (Å²) in [6, 6.07) is 0. The summed E-state index contributed by atoms with van der Waals surface area (Å²) in [5, 5.41) is 22.1. The zero-order valence-electron chi connectivity index (χ0n) is 15.6. The topological polar surface area (TPSA) is 65.0 Å². The number of hydrogen-bond acceptors (Lipinski definition) is 5. The Bertz CT molecular complexity index is 296. The van der Waals surface area contributed by atoms with Crippen LogP contribution in [0.25, 0.3) is 0 Å². The fourth-order valence-corrected chi connectivity index (χ4v) is 2.36. The SMILES string of the molecule is C=C(CCOCCC(CO)CC(CO)C(C)C)NCCN(C)C. The van der Waals surface area contributed by atoms with Crippen LogP contribution in [-0.2, 0) is 4.74 Å². The predicted molar refractivity (Wildman–Crippen MR) is 96.4 cm³/mol. The van der Waals surface area contributed by atoms with E-state index in [0.29, 0.717) is 19.1 Å². The molecule has 0 spiro atoms. The fraction of sp³-hybridized carbons (Fsp3) is 0.889. The molecule has 138 valence electrons. The van der Waals surface area contributed by atoms with Crippen molar-refractivity contribution >= 4 is 0 Å². The Balaban J connectivity index is 3.73. The Hall–Kier alpha value is -0.620. The average Bonchev–Trinajstić information content (AvgIpc) is 2.49. The van der Waals surface area contributed by atoms with Crippen LogP contribution in [0.2, 0.25) is 0 Å². The molecule has 5 nitrogen and oxygen atoms in total. The van der Waals surface area contributed by atoms with Gasteiger partial charge in [-0.25, -0.2) is 0 Å². The highest BCUT2D eigenvalue weighted by Gasteiger charge is 2.18. The third-order valence-corrected chi connectivity index (χ3v) is 4.22. The van der Waals surface area contributed by atoms with Gasteiger partial charge < -0.3 is 25.2 Å². The number of rotatable bonds is 15. The summed E-state index contributed by atoms with van der Waals surface area (Å²) in [6.07, 6.45) is 2.50. The van der Waals surface area contributed by atoms with Crippen molar-refractivity contribution in [3.63, 3.8) is 0 Å². The molecule has 0 aromatic heterocycles. The summed E-state index contributed by atoms with van der Waals surface area (Å²) in [4.78, 5) is 2.13. The van der Waals surface area contributed by atoms with E-state index in [-0.39, 0.29) is 25.0 Å². The Morgan fingerprint density at radius 3 is 2.39 bits per heavy atom. The Morgan fingerprint density at radius 2 is 1.87 bits per heavy atom. The highest BCUT2D eigenvalue weighted by Crippen LogP contribution is 2.22. The van der Waals surface area contributed by atoms with Crippen LogP contribution in [0.3, 0.4) is 0 Å². The molecule has 0 rings (SSSR count). The van der Waals surface area contributed by atoms with Gasteiger partial charge in [0.2, 0.25) is 0 Å². The normalized spacial score (nSPS) is 14.3. The first-order valence-corrected chi connectivity index (χ1v) is 8.76. The molecule has 0 aliphatic heterocycles. The summed E-state index contributed by atoms with van der Waals surface area (Å²) in [5.41, 5.74) is 1.01.